The number of fused-ring (bicyclic) bond motifs is 1. The van der Waals surface area contributed by atoms with Crippen molar-refractivity contribution in [1.82, 2.24) is 14.9 Å². The summed E-state index contributed by atoms with van der Waals surface area (Å²) in [6, 6.07) is 15.7. The average Bonchev–Trinajstić information content (AvgIpc) is 2.80. The molecule has 1 aliphatic heterocycles. The standard InChI is InChI=1S/C24H25N5O3/c1-16(18-5-3-2-4-6-18)27-23-20-14-19(7-8-21(20)25-15-26-23)28-22(30)13-17-9-11-29(12-10-17)24(31)32/h2-8,13-16H,9-12H2,1H3,(H,28,30)(H,31,32)(H,25,26,27)/t16-/m1/s1. The second-order valence-electron chi connectivity index (χ2n) is 7.79. The summed E-state index contributed by atoms with van der Waals surface area (Å²) in [4.78, 5) is 33.6. The number of carbonyl (C=O) groups excluding carboxylic acids is 1. The predicted octanol–water partition coefficient (Wildman–Crippen LogP) is 4.44. The highest BCUT2D eigenvalue weighted by Gasteiger charge is 2.18. The SMILES string of the molecule is C[C@@H](Nc1ncnc2ccc(NC(=O)C=C3CCN(C(=O)O)CC3)cc12)c1ccccc1. The number of aromatic nitrogens is 2. The maximum atomic E-state index is 12.5. The van der Waals surface area contributed by atoms with Gasteiger partial charge in [0.1, 0.15) is 12.1 Å². The number of nitrogens with zero attached hydrogens (tertiary/aromatic N) is 3. The highest BCUT2D eigenvalue weighted by molar-refractivity contribution is 6.02. The summed E-state index contributed by atoms with van der Waals surface area (Å²) in [5.41, 5.74) is 3.51. The van der Waals surface area contributed by atoms with Crippen LogP contribution in [0.2, 0.25) is 0 Å². The molecule has 8 nitrogen and oxygen atoms in total. The Kier molecular flexibility index (Phi) is 6.30. The molecule has 0 spiro atoms. The quantitative estimate of drug-likeness (QED) is 0.516. The van der Waals surface area contributed by atoms with E-state index in [0.29, 0.717) is 37.4 Å². The van der Waals surface area contributed by atoms with Crippen LogP contribution in [0.25, 0.3) is 10.9 Å². The van der Waals surface area contributed by atoms with Crippen molar-refractivity contribution in [2.24, 2.45) is 0 Å². The molecule has 2 heterocycles. The van der Waals surface area contributed by atoms with Gasteiger partial charge in [-0.2, -0.15) is 0 Å². The van der Waals surface area contributed by atoms with E-state index >= 15 is 0 Å². The largest absolute Gasteiger partial charge is 0.465 e. The van der Waals surface area contributed by atoms with Crippen LogP contribution in [0.3, 0.4) is 0 Å². The first-order valence-electron chi connectivity index (χ1n) is 10.5. The van der Waals surface area contributed by atoms with Crippen molar-refractivity contribution in [3.8, 4) is 0 Å². The molecule has 0 aliphatic carbocycles. The van der Waals surface area contributed by atoms with Gasteiger partial charge in [0.2, 0.25) is 5.91 Å². The Labute approximate surface area is 186 Å². The van der Waals surface area contributed by atoms with Crippen molar-refractivity contribution in [3.63, 3.8) is 0 Å². The van der Waals surface area contributed by atoms with Crippen LogP contribution in [0.15, 0.2) is 66.5 Å². The number of anilines is 2. The second-order valence-corrected chi connectivity index (χ2v) is 7.79. The van der Waals surface area contributed by atoms with Crippen LogP contribution < -0.4 is 10.6 Å². The molecule has 4 rings (SSSR count). The monoisotopic (exact) mass is 431 g/mol. The first-order chi connectivity index (χ1) is 15.5. The third kappa shape index (κ3) is 5.03. The third-order valence-corrected chi connectivity index (χ3v) is 5.57. The maximum absolute atomic E-state index is 12.5. The van der Waals surface area contributed by atoms with Crippen LogP contribution in [0, 0.1) is 0 Å². The summed E-state index contributed by atoms with van der Waals surface area (Å²) >= 11 is 0. The zero-order chi connectivity index (χ0) is 22.5. The lowest BCUT2D eigenvalue weighted by molar-refractivity contribution is -0.112. The van der Waals surface area contributed by atoms with Crippen LogP contribution in [0.5, 0.6) is 0 Å². The number of nitrogens with one attached hydrogen (secondary N) is 2. The van der Waals surface area contributed by atoms with E-state index in [4.69, 9.17) is 5.11 Å². The number of benzene rings is 2. The normalized spacial score (nSPS) is 14.7. The summed E-state index contributed by atoms with van der Waals surface area (Å²) in [5, 5.41) is 16.2. The molecular formula is C24H25N5O3. The number of hydrogen-bond acceptors (Lipinski definition) is 5. The van der Waals surface area contributed by atoms with Crippen LogP contribution in [-0.4, -0.2) is 45.1 Å². The molecule has 1 fully saturated rings. The summed E-state index contributed by atoms with van der Waals surface area (Å²) in [7, 11) is 0. The Bertz CT molecular complexity index is 1150. The van der Waals surface area contributed by atoms with E-state index in [1.807, 2.05) is 36.4 Å². The Hall–Kier alpha value is -3.94. The maximum Gasteiger partial charge on any atom is 0.407 e. The number of carboxylic acid groups (broad SMARTS) is 1. The smallest absolute Gasteiger partial charge is 0.407 e. The third-order valence-electron chi connectivity index (χ3n) is 5.57. The predicted molar refractivity (Wildman–Crippen MR) is 124 cm³/mol. The van der Waals surface area contributed by atoms with Crippen LogP contribution in [0.4, 0.5) is 16.3 Å². The molecule has 32 heavy (non-hydrogen) atoms. The van der Waals surface area contributed by atoms with E-state index in [2.05, 4.69) is 39.7 Å². The van der Waals surface area contributed by atoms with Crippen molar-refractivity contribution in [1.29, 1.82) is 0 Å². The Morgan fingerprint density at radius 2 is 1.84 bits per heavy atom. The van der Waals surface area contributed by atoms with Gasteiger partial charge < -0.3 is 20.6 Å². The molecule has 1 aliphatic rings. The van der Waals surface area contributed by atoms with E-state index in [-0.39, 0.29) is 11.9 Å². The lowest BCUT2D eigenvalue weighted by Crippen LogP contribution is -2.35. The fraction of sp³-hybridized carbons (Fsp3) is 0.250. The van der Waals surface area contributed by atoms with Crippen molar-refractivity contribution >= 4 is 34.4 Å². The number of piperidine rings is 1. The van der Waals surface area contributed by atoms with E-state index < -0.39 is 6.09 Å². The van der Waals surface area contributed by atoms with Crippen LogP contribution in [0.1, 0.15) is 31.4 Å². The first-order valence-corrected chi connectivity index (χ1v) is 10.5. The van der Waals surface area contributed by atoms with E-state index in [0.717, 1.165) is 22.0 Å². The fourth-order valence-corrected chi connectivity index (χ4v) is 3.77. The molecule has 0 saturated carbocycles. The molecule has 0 unspecified atom stereocenters. The number of rotatable bonds is 5. The molecule has 0 bridgehead atoms. The number of carbonyl (C=O) groups is 2. The van der Waals surface area contributed by atoms with Gasteiger partial charge in [0.05, 0.1) is 5.52 Å². The number of likely N-dealkylation sites (tertiary alicyclic amines) is 1. The van der Waals surface area contributed by atoms with Gasteiger partial charge in [0, 0.05) is 36.3 Å². The zero-order valence-corrected chi connectivity index (χ0v) is 17.8. The Balaban J connectivity index is 1.48. The lowest BCUT2D eigenvalue weighted by Gasteiger charge is -2.25. The van der Waals surface area contributed by atoms with E-state index in [1.54, 1.807) is 6.08 Å². The summed E-state index contributed by atoms with van der Waals surface area (Å²) < 4.78 is 0. The van der Waals surface area contributed by atoms with Gasteiger partial charge in [-0.05, 0) is 43.5 Å². The lowest BCUT2D eigenvalue weighted by atomic mass is 10.0. The molecule has 164 valence electrons. The Morgan fingerprint density at radius 3 is 2.56 bits per heavy atom. The molecule has 1 saturated heterocycles. The number of amides is 2. The van der Waals surface area contributed by atoms with Gasteiger partial charge in [-0.15, -0.1) is 0 Å². The van der Waals surface area contributed by atoms with Crippen molar-refractivity contribution < 1.29 is 14.7 Å². The average molecular weight is 431 g/mol. The van der Waals surface area contributed by atoms with Gasteiger partial charge >= 0.3 is 6.09 Å². The number of hydrogen-bond donors (Lipinski definition) is 3. The first kappa shape index (κ1) is 21.3. The van der Waals surface area contributed by atoms with Gasteiger partial charge in [0.15, 0.2) is 0 Å². The van der Waals surface area contributed by atoms with Gasteiger partial charge in [-0.1, -0.05) is 35.9 Å². The minimum atomic E-state index is -0.919. The minimum Gasteiger partial charge on any atom is -0.465 e. The van der Waals surface area contributed by atoms with Gasteiger partial charge in [0.25, 0.3) is 0 Å². The van der Waals surface area contributed by atoms with Crippen molar-refractivity contribution in [3.05, 3.63) is 72.1 Å². The highest BCUT2D eigenvalue weighted by Crippen LogP contribution is 2.26. The Morgan fingerprint density at radius 1 is 1.09 bits per heavy atom. The molecule has 1 aromatic heterocycles. The van der Waals surface area contributed by atoms with E-state index in [9.17, 15) is 9.59 Å². The van der Waals surface area contributed by atoms with Crippen LogP contribution >= 0.6 is 0 Å². The summed E-state index contributed by atoms with van der Waals surface area (Å²) in [5.74, 6) is 0.467. The van der Waals surface area contributed by atoms with Gasteiger partial charge in [-0.3, -0.25) is 4.79 Å². The van der Waals surface area contributed by atoms with E-state index in [1.165, 1.54) is 11.2 Å². The van der Waals surface area contributed by atoms with Gasteiger partial charge in [-0.25, -0.2) is 14.8 Å². The molecule has 8 heteroatoms. The topological polar surface area (TPSA) is 107 Å². The summed E-state index contributed by atoms with van der Waals surface area (Å²) in [6.07, 6.45) is 3.31. The molecule has 0 radical (unpaired) electrons. The second kappa shape index (κ2) is 9.47. The molecule has 3 aromatic rings. The molecule has 2 amide bonds. The van der Waals surface area contributed by atoms with Crippen molar-refractivity contribution in [2.75, 3.05) is 23.7 Å². The molecule has 1 atom stereocenters. The molecule has 2 aromatic carbocycles. The molecular weight excluding hydrogens is 406 g/mol. The van der Waals surface area contributed by atoms with Crippen molar-refractivity contribution in [2.45, 2.75) is 25.8 Å². The zero-order valence-electron chi connectivity index (χ0n) is 17.8. The molecule has 3 N–H and O–H groups in total. The minimum absolute atomic E-state index is 0.0500. The summed E-state index contributed by atoms with van der Waals surface area (Å²) in [6.45, 7) is 2.89. The van der Waals surface area contributed by atoms with Crippen LogP contribution in [-0.2, 0) is 4.79 Å². The highest BCUT2D eigenvalue weighted by atomic mass is 16.4. The fourth-order valence-electron chi connectivity index (χ4n) is 3.77.